The van der Waals surface area contributed by atoms with Crippen molar-refractivity contribution in [2.24, 2.45) is 17.8 Å². The van der Waals surface area contributed by atoms with Gasteiger partial charge in [-0.2, -0.15) is 0 Å². The van der Waals surface area contributed by atoms with E-state index in [-0.39, 0.29) is 11.4 Å². The van der Waals surface area contributed by atoms with E-state index in [1.807, 2.05) is 60.7 Å². The summed E-state index contributed by atoms with van der Waals surface area (Å²) in [6, 6.07) is 20.1. The van der Waals surface area contributed by atoms with Crippen LogP contribution in [0.5, 0.6) is 0 Å². The highest BCUT2D eigenvalue weighted by Gasteiger charge is 2.51. The van der Waals surface area contributed by atoms with E-state index < -0.39 is 0 Å². The molecule has 4 aliphatic rings. The summed E-state index contributed by atoms with van der Waals surface area (Å²) in [5.74, 6) is 3.66. The summed E-state index contributed by atoms with van der Waals surface area (Å²) in [5, 5.41) is 4.00. The number of nitrogens with one attached hydrogen (secondary N) is 1. The van der Waals surface area contributed by atoms with Crippen molar-refractivity contribution in [1.29, 1.82) is 0 Å². The maximum Gasteiger partial charge on any atom is 0.257 e. The lowest BCUT2D eigenvalue weighted by Gasteiger charge is -2.56. The lowest BCUT2D eigenvalue weighted by Crippen LogP contribution is -2.60. The lowest BCUT2D eigenvalue weighted by molar-refractivity contribution is -0.124. The van der Waals surface area contributed by atoms with E-state index in [0.717, 1.165) is 40.3 Å². The van der Waals surface area contributed by atoms with Crippen molar-refractivity contribution in [2.45, 2.75) is 49.3 Å². The molecular weight excluding hydrogens is 416 g/mol. The van der Waals surface area contributed by atoms with Crippen molar-refractivity contribution in [3.05, 3.63) is 60.7 Å². The molecule has 164 valence electrons. The van der Waals surface area contributed by atoms with Gasteiger partial charge in [-0.05, 0) is 56.3 Å². The second kappa shape index (κ2) is 8.11. The van der Waals surface area contributed by atoms with Crippen molar-refractivity contribution in [3.8, 4) is 22.6 Å². The Bertz CT molecular complexity index is 1020. The molecule has 0 saturated heterocycles. The van der Waals surface area contributed by atoms with Gasteiger partial charge in [-0.15, -0.1) is 0 Å². The number of hydrogen-bond acceptors (Lipinski definition) is 4. The Balaban J connectivity index is 1.18. The molecule has 7 rings (SSSR count). The van der Waals surface area contributed by atoms with E-state index >= 15 is 0 Å². The van der Waals surface area contributed by atoms with Crippen molar-refractivity contribution in [1.82, 2.24) is 10.3 Å². The number of rotatable bonds is 6. The molecule has 32 heavy (non-hydrogen) atoms. The molecule has 2 aromatic carbocycles. The van der Waals surface area contributed by atoms with Crippen molar-refractivity contribution in [3.63, 3.8) is 0 Å². The summed E-state index contributed by atoms with van der Waals surface area (Å²) in [7, 11) is 0. The van der Waals surface area contributed by atoms with E-state index in [1.54, 1.807) is 0 Å². The van der Waals surface area contributed by atoms with Gasteiger partial charge < -0.3 is 9.73 Å². The number of carbonyl (C=O) groups is 1. The molecule has 0 aliphatic heterocycles. The Labute approximate surface area is 193 Å². The first-order valence-electron chi connectivity index (χ1n) is 11.7. The van der Waals surface area contributed by atoms with Gasteiger partial charge in [0.2, 0.25) is 5.91 Å². The molecule has 0 spiro atoms. The van der Waals surface area contributed by atoms with Crippen LogP contribution < -0.4 is 5.32 Å². The van der Waals surface area contributed by atoms with Gasteiger partial charge in [-0.1, -0.05) is 72.4 Å². The molecule has 3 aromatic rings. The molecule has 0 atom stereocenters. The molecule has 1 N–H and O–H groups in total. The summed E-state index contributed by atoms with van der Waals surface area (Å²) in [6.07, 6.45) is 7.65. The Morgan fingerprint density at radius 3 is 2.06 bits per heavy atom. The summed E-state index contributed by atoms with van der Waals surface area (Å²) >= 11 is 1.39. The number of hydrogen-bond donors (Lipinski definition) is 1. The van der Waals surface area contributed by atoms with Gasteiger partial charge >= 0.3 is 0 Å². The third-order valence-corrected chi connectivity index (χ3v) is 8.29. The summed E-state index contributed by atoms with van der Waals surface area (Å²) in [6.45, 7) is 0. The number of aromatic nitrogens is 1. The van der Waals surface area contributed by atoms with Crippen LogP contribution in [0.15, 0.2) is 70.3 Å². The molecule has 4 bridgehead atoms. The zero-order valence-corrected chi connectivity index (χ0v) is 18.9. The lowest BCUT2D eigenvalue weighted by atomic mass is 9.53. The van der Waals surface area contributed by atoms with Gasteiger partial charge in [0.15, 0.2) is 5.76 Å². The first kappa shape index (κ1) is 20.1. The molecule has 1 heterocycles. The van der Waals surface area contributed by atoms with E-state index in [0.29, 0.717) is 11.0 Å². The summed E-state index contributed by atoms with van der Waals surface area (Å²) in [5.41, 5.74) is 2.87. The monoisotopic (exact) mass is 444 g/mol. The third kappa shape index (κ3) is 3.88. The normalized spacial score (nSPS) is 28.1. The van der Waals surface area contributed by atoms with Crippen molar-refractivity contribution < 1.29 is 9.21 Å². The van der Waals surface area contributed by atoms with Crippen LogP contribution >= 0.6 is 11.8 Å². The number of benzene rings is 2. The third-order valence-electron chi connectivity index (χ3n) is 7.46. The van der Waals surface area contributed by atoms with Gasteiger partial charge in [0, 0.05) is 16.7 Å². The predicted octanol–water partition coefficient (Wildman–Crippen LogP) is 6.19. The topological polar surface area (TPSA) is 55.1 Å². The maximum absolute atomic E-state index is 12.9. The number of amides is 1. The molecule has 0 radical (unpaired) electrons. The van der Waals surface area contributed by atoms with Gasteiger partial charge in [-0.25, -0.2) is 4.98 Å². The molecular formula is C27H28N2O2S. The second-order valence-electron chi connectivity index (χ2n) is 9.92. The average molecular weight is 445 g/mol. The van der Waals surface area contributed by atoms with Crippen LogP contribution in [0.1, 0.15) is 38.5 Å². The molecule has 4 fully saturated rings. The molecule has 1 amide bonds. The molecule has 1 aromatic heterocycles. The molecule has 4 aliphatic carbocycles. The first-order valence-corrected chi connectivity index (χ1v) is 12.7. The highest BCUT2D eigenvalue weighted by molar-refractivity contribution is 7.99. The number of nitrogens with zero attached hydrogens (tertiary/aromatic N) is 1. The SMILES string of the molecule is O=C(CSc1nc(-c2ccccc2)c(-c2ccccc2)o1)NC12CC3CC(CC(C3)C1)C2. The minimum atomic E-state index is 0.0490. The smallest absolute Gasteiger partial charge is 0.257 e. The standard InChI is InChI=1S/C27H28N2O2S/c30-23(29-27-14-18-11-19(15-27)13-20(12-18)16-27)17-32-26-28-24(21-7-3-1-4-8-21)25(31-26)22-9-5-2-6-10-22/h1-10,18-20H,11-17H2,(H,29,30). The number of oxazole rings is 1. The highest BCUT2D eigenvalue weighted by Crippen LogP contribution is 2.55. The largest absolute Gasteiger partial charge is 0.431 e. The summed E-state index contributed by atoms with van der Waals surface area (Å²) < 4.78 is 6.17. The van der Waals surface area contributed by atoms with E-state index in [2.05, 4.69) is 5.32 Å². The highest BCUT2D eigenvalue weighted by atomic mass is 32.2. The first-order chi connectivity index (χ1) is 15.7. The Morgan fingerprint density at radius 1 is 0.906 bits per heavy atom. The van der Waals surface area contributed by atoms with Gasteiger partial charge in [-0.3, -0.25) is 4.79 Å². The van der Waals surface area contributed by atoms with Crippen LogP contribution in [-0.2, 0) is 4.79 Å². The fourth-order valence-electron chi connectivity index (χ4n) is 6.66. The van der Waals surface area contributed by atoms with Crippen LogP contribution in [0, 0.1) is 17.8 Å². The molecule has 4 saturated carbocycles. The fourth-order valence-corrected chi connectivity index (χ4v) is 7.29. The zero-order chi connectivity index (χ0) is 21.5. The Morgan fingerprint density at radius 2 is 1.47 bits per heavy atom. The minimum absolute atomic E-state index is 0.0490. The average Bonchev–Trinajstić information content (AvgIpc) is 3.22. The maximum atomic E-state index is 12.9. The Hall–Kier alpha value is -2.53. The quantitative estimate of drug-likeness (QED) is 0.461. The number of thioether (sulfide) groups is 1. The molecule has 0 unspecified atom stereocenters. The van der Waals surface area contributed by atoms with Gasteiger partial charge in [0.25, 0.3) is 5.22 Å². The summed E-state index contributed by atoms with van der Waals surface area (Å²) in [4.78, 5) is 17.7. The van der Waals surface area contributed by atoms with E-state index in [1.165, 1.54) is 50.3 Å². The van der Waals surface area contributed by atoms with E-state index in [9.17, 15) is 4.79 Å². The predicted molar refractivity (Wildman–Crippen MR) is 127 cm³/mol. The van der Waals surface area contributed by atoms with Crippen molar-refractivity contribution in [2.75, 3.05) is 5.75 Å². The zero-order valence-electron chi connectivity index (χ0n) is 18.1. The second-order valence-corrected chi connectivity index (χ2v) is 10.9. The van der Waals surface area contributed by atoms with Crippen LogP contribution in [0.3, 0.4) is 0 Å². The van der Waals surface area contributed by atoms with Crippen LogP contribution in [-0.4, -0.2) is 22.2 Å². The molecule has 4 nitrogen and oxygen atoms in total. The van der Waals surface area contributed by atoms with Crippen LogP contribution in [0.25, 0.3) is 22.6 Å². The van der Waals surface area contributed by atoms with Gasteiger partial charge in [0.05, 0.1) is 5.75 Å². The van der Waals surface area contributed by atoms with Gasteiger partial charge in [0.1, 0.15) is 5.69 Å². The van der Waals surface area contributed by atoms with Crippen LogP contribution in [0.4, 0.5) is 0 Å². The minimum Gasteiger partial charge on any atom is -0.431 e. The number of carbonyl (C=O) groups excluding carboxylic acids is 1. The van der Waals surface area contributed by atoms with E-state index in [4.69, 9.17) is 9.40 Å². The molecule has 5 heteroatoms. The fraction of sp³-hybridized carbons (Fsp3) is 0.407. The Kier molecular flexibility index (Phi) is 5.09. The van der Waals surface area contributed by atoms with Crippen LogP contribution in [0.2, 0.25) is 0 Å². The van der Waals surface area contributed by atoms with Crippen molar-refractivity contribution >= 4 is 17.7 Å².